The maximum Gasteiger partial charge on any atom is 0.319 e. The van der Waals surface area contributed by atoms with E-state index in [2.05, 4.69) is 10.3 Å². The molecule has 0 aliphatic heterocycles. The first-order chi connectivity index (χ1) is 7.46. The molecule has 6 heteroatoms. The fourth-order valence-corrected chi connectivity index (χ4v) is 1.21. The molecule has 1 N–H and O–H groups in total. The highest BCUT2D eigenvalue weighted by Crippen LogP contribution is 2.12. The molecule has 0 atom stereocenters. The first kappa shape index (κ1) is 13.1. The van der Waals surface area contributed by atoms with Crippen LogP contribution in [-0.2, 0) is 11.3 Å². The average molecular weight is 233 g/mol. The third-order valence-electron chi connectivity index (χ3n) is 2.35. The highest BCUT2D eigenvalue weighted by Gasteiger charge is 2.16. The van der Waals surface area contributed by atoms with Crippen LogP contribution in [0.5, 0.6) is 0 Å². The fourth-order valence-electron chi connectivity index (χ4n) is 1.21. The van der Waals surface area contributed by atoms with Crippen LogP contribution in [0.4, 0.5) is 8.78 Å². The van der Waals surface area contributed by atoms with Crippen molar-refractivity contribution in [3.63, 3.8) is 0 Å². The molecule has 0 radical (unpaired) electrons. The van der Waals surface area contributed by atoms with Crippen LogP contribution in [0.3, 0.4) is 0 Å². The third kappa shape index (κ3) is 3.53. The fraction of sp³-hybridized carbons (Fsp3) is 0.700. The highest BCUT2D eigenvalue weighted by atomic mass is 19.3. The maximum absolute atomic E-state index is 12.5. The minimum atomic E-state index is -2.55. The van der Waals surface area contributed by atoms with Crippen molar-refractivity contribution in [2.75, 3.05) is 13.7 Å². The molecule has 0 saturated carbocycles. The summed E-state index contributed by atoms with van der Waals surface area (Å²) in [5.74, 6) is 0.321. The molecule has 92 valence electrons. The van der Waals surface area contributed by atoms with Gasteiger partial charge in [0.2, 0.25) is 0 Å². The van der Waals surface area contributed by atoms with Gasteiger partial charge in [-0.05, 0) is 13.8 Å². The normalized spacial score (nSPS) is 12.4. The van der Waals surface area contributed by atoms with E-state index in [-0.39, 0.29) is 5.60 Å². The molecule has 0 unspecified atom stereocenters. The quantitative estimate of drug-likeness (QED) is 0.814. The Kier molecular flexibility index (Phi) is 4.37. The van der Waals surface area contributed by atoms with E-state index in [0.717, 1.165) is 4.57 Å². The van der Waals surface area contributed by atoms with E-state index < -0.39 is 6.55 Å². The van der Waals surface area contributed by atoms with Crippen molar-refractivity contribution in [2.45, 2.75) is 32.5 Å². The van der Waals surface area contributed by atoms with Gasteiger partial charge in [-0.15, -0.1) is 0 Å². The lowest BCUT2D eigenvalue weighted by Crippen LogP contribution is -2.36. The number of alkyl halides is 2. The lowest BCUT2D eigenvalue weighted by Gasteiger charge is -2.23. The summed E-state index contributed by atoms with van der Waals surface area (Å²) in [6.07, 6.45) is 2.63. The molecule has 16 heavy (non-hydrogen) atoms. The summed E-state index contributed by atoms with van der Waals surface area (Å²) in [5.41, 5.74) is -0.317. The van der Waals surface area contributed by atoms with Crippen LogP contribution in [0.1, 0.15) is 26.2 Å². The van der Waals surface area contributed by atoms with Gasteiger partial charge < -0.3 is 10.1 Å². The predicted octanol–water partition coefficient (Wildman–Crippen LogP) is 1.79. The van der Waals surface area contributed by atoms with Crippen LogP contribution in [0.2, 0.25) is 0 Å². The van der Waals surface area contributed by atoms with Crippen molar-refractivity contribution in [3.05, 3.63) is 18.2 Å². The summed E-state index contributed by atoms with van der Waals surface area (Å²) in [6.45, 7) is 2.15. The summed E-state index contributed by atoms with van der Waals surface area (Å²) in [7, 11) is 1.61. The molecule has 1 heterocycles. The lowest BCUT2D eigenvalue weighted by atomic mass is 10.1. The molecular weight excluding hydrogens is 216 g/mol. The Hall–Kier alpha value is -1.01. The SMILES string of the molecule is COC(C)(C)CNCc1nccn1C(F)F. The summed E-state index contributed by atoms with van der Waals surface area (Å²) in [4.78, 5) is 3.86. The third-order valence-corrected chi connectivity index (χ3v) is 2.35. The van der Waals surface area contributed by atoms with Gasteiger partial charge in [-0.2, -0.15) is 8.78 Å². The van der Waals surface area contributed by atoms with Gasteiger partial charge in [-0.3, -0.25) is 4.57 Å². The molecular formula is C10H17F2N3O. The molecule has 0 bridgehead atoms. The number of hydrogen-bond donors (Lipinski definition) is 1. The second-order valence-corrected chi connectivity index (χ2v) is 4.10. The Bertz CT molecular complexity index is 326. The van der Waals surface area contributed by atoms with Crippen LogP contribution in [-0.4, -0.2) is 28.8 Å². The largest absolute Gasteiger partial charge is 0.377 e. The zero-order valence-electron chi connectivity index (χ0n) is 9.70. The van der Waals surface area contributed by atoms with Crippen molar-refractivity contribution >= 4 is 0 Å². The minimum absolute atomic E-state index is 0.296. The van der Waals surface area contributed by atoms with Crippen molar-refractivity contribution in [3.8, 4) is 0 Å². The molecule has 0 fully saturated rings. The summed E-state index contributed by atoms with van der Waals surface area (Å²) >= 11 is 0. The van der Waals surface area contributed by atoms with Crippen molar-refractivity contribution in [1.82, 2.24) is 14.9 Å². The summed E-state index contributed by atoms with van der Waals surface area (Å²) in [5, 5.41) is 3.03. The minimum Gasteiger partial charge on any atom is -0.377 e. The summed E-state index contributed by atoms with van der Waals surface area (Å²) in [6, 6.07) is 0. The van der Waals surface area contributed by atoms with Crippen LogP contribution >= 0.6 is 0 Å². The van der Waals surface area contributed by atoms with Crippen LogP contribution in [0.25, 0.3) is 0 Å². The smallest absolute Gasteiger partial charge is 0.319 e. The maximum atomic E-state index is 12.5. The van der Waals surface area contributed by atoms with Crippen LogP contribution in [0, 0.1) is 0 Å². The first-order valence-corrected chi connectivity index (χ1v) is 5.02. The van der Waals surface area contributed by atoms with E-state index in [4.69, 9.17) is 4.74 Å². The van der Waals surface area contributed by atoms with Gasteiger partial charge in [0.15, 0.2) is 0 Å². The van der Waals surface area contributed by atoms with E-state index in [1.54, 1.807) is 7.11 Å². The van der Waals surface area contributed by atoms with E-state index in [1.165, 1.54) is 12.4 Å². The molecule has 1 aromatic rings. The first-order valence-electron chi connectivity index (χ1n) is 5.02. The van der Waals surface area contributed by atoms with E-state index in [1.807, 2.05) is 13.8 Å². The molecule has 0 aliphatic carbocycles. The van der Waals surface area contributed by atoms with E-state index in [9.17, 15) is 8.78 Å². The van der Waals surface area contributed by atoms with Crippen molar-refractivity contribution in [1.29, 1.82) is 0 Å². The Morgan fingerprint density at radius 3 is 2.81 bits per heavy atom. The lowest BCUT2D eigenvalue weighted by molar-refractivity contribution is 0.0224. The number of nitrogens with one attached hydrogen (secondary N) is 1. The monoisotopic (exact) mass is 233 g/mol. The number of ether oxygens (including phenoxy) is 1. The number of halogens is 2. The Morgan fingerprint density at radius 1 is 1.56 bits per heavy atom. The molecule has 0 aromatic carbocycles. The van der Waals surface area contributed by atoms with Gasteiger partial charge in [0.05, 0.1) is 12.1 Å². The van der Waals surface area contributed by atoms with Gasteiger partial charge in [0.1, 0.15) is 5.82 Å². The number of methoxy groups -OCH3 is 1. The standard InChI is InChI=1S/C10H17F2N3O/c1-10(2,16-3)7-13-6-8-14-4-5-15(8)9(11)12/h4-5,9,13H,6-7H2,1-3H3. The second kappa shape index (κ2) is 5.36. The number of hydrogen-bond acceptors (Lipinski definition) is 3. The number of rotatable bonds is 6. The Morgan fingerprint density at radius 2 is 2.25 bits per heavy atom. The molecule has 0 aliphatic rings. The van der Waals surface area contributed by atoms with Crippen molar-refractivity contribution in [2.24, 2.45) is 0 Å². The van der Waals surface area contributed by atoms with E-state index in [0.29, 0.717) is 18.9 Å². The number of nitrogens with zero attached hydrogens (tertiary/aromatic N) is 2. The van der Waals surface area contributed by atoms with Gasteiger partial charge in [0, 0.05) is 26.0 Å². The number of imidazole rings is 1. The second-order valence-electron chi connectivity index (χ2n) is 4.10. The van der Waals surface area contributed by atoms with E-state index >= 15 is 0 Å². The average Bonchev–Trinajstić information content (AvgIpc) is 2.66. The zero-order chi connectivity index (χ0) is 12.2. The Balaban J connectivity index is 2.46. The predicted molar refractivity (Wildman–Crippen MR) is 56.3 cm³/mol. The Labute approximate surface area is 93.6 Å². The topological polar surface area (TPSA) is 39.1 Å². The zero-order valence-corrected chi connectivity index (χ0v) is 9.70. The molecule has 0 saturated heterocycles. The van der Waals surface area contributed by atoms with Crippen LogP contribution in [0.15, 0.2) is 12.4 Å². The van der Waals surface area contributed by atoms with Gasteiger partial charge in [-0.1, -0.05) is 0 Å². The van der Waals surface area contributed by atoms with Crippen LogP contribution < -0.4 is 5.32 Å². The molecule has 1 rings (SSSR count). The summed E-state index contributed by atoms with van der Waals surface area (Å²) < 4.78 is 31.0. The van der Waals surface area contributed by atoms with Gasteiger partial charge >= 0.3 is 6.55 Å². The molecule has 0 spiro atoms. The molecule has 1 aromatic heterocycles. The number of aromatic nitrogens is 2. The van der Waals surface area contributed by atoms with Gasteiger partial charge in [0.25, 0.3) is 0 Å². The van der Waals surface area contributed by atoms with Crippen molar-refractivity contribution < 1.29 is 13.5 Å². The molecule has 4 nitrogen and oxygen atoms in total. The van der Waals surface area contributed by atoms with Gasteiger partial charge in [-0.25, -0.2) is 4.98 Å². The highest BCUT2D eigenvalue weighted by molar-refractivity contribution is 4.92. The molecule has 0 amide bonds.